The Bertz CT molecular complexity index is 279. The summed E-state index contributed by atoms with van der Waals surface area (Å²) in [7, 11) is 2.28. The van der Waals surface area contributed by atoms with E-state index in [-0.39, 0.29) is 0 Å². The van der Waals surface area contributed by atoms with Crippen molar-refractivity contribution in [3.05, 3.63) is 0 Å². The van der Waals surface area contributed by atoms with Crippen LogP contribution >= 0.6 is 0 Å². The fourth-order valence-electron chi connectivity index (χ4n) is 3.67. The highest BCUT2D eigenvalue weighted by Gasteiger charge is 2.23. The molecule has 4 nitrogen and oxygen atoms in total. The maximum Gasteiger partial charge on any atom is 0.0594 e. The van der Waals surface area contributed by atoms with Crippen molar-refractivity contribution >= 4 is 0 Å². The van der Waals surface area contributed by atoms with E-state index in [0.717, 1.165) is 51.4 Å². The quantitative estimate of drug-likeness (QED) is 0.775. The second kappa shape index (κ2) is 9.09. The molecule has 2 rings (SSSR count). The van der Waals surface area contributed by atoms with Gasteiger partial charge in [-0.15, -0.1) is 0 Å². The van der Waals surface area contributed by atoms with Crippen molar-refractivity contribution < 1.29 is 4.74 Å². The SMILES string of the molecule is CC(C)CC(CNCC1CCCCN1C)N1CCOCC1. The van der Waals surface area contributed by atoms with Gasteiger partial charge >= 0.3 is 0 Å². The van der Waals surface area contributed by atoms with Crippen LogP contribution in [0.2, 0.25) is 0 Å². The number of hydrogen-bond acceptors (Lipinski definition) is 4. The van der Waals surface area contributed by atoms with Crippen LogP contribution in [0.5, 0.6) is 0 Å². The molecule has 0 saturated carbocycles. The maximum atomic E-state index is 5.50. The Morgan fingerprint density at radius 1 is 1.14 bits per heavy atom. The Hall–Kier alpha value is -0.160. The van der Waals surface area contributed by atoms with Crippen molar-refractivity contribution in [2.24, 2.45) is 5.92 Å². The molecule has 0 aromatic carbocycles. The lowest BCUT2D eigenvalue weighted by molar-refractivity contribution is 0.0119. The van der Waals surface area contributed by atoms with Crippen LogP contribution in [0.1, 0.15) is 39.5 Å². The molecule has 124 valence electrons. The molecule has 0 aromatic rings. The predicted molar refractivity (Wildman–Crippen MR) is 88.8 cm³/mol. The molecule has 1 N–H and O–H groups in total. The Morgan fingerprint density at radius 3 is 2.57 bits per heavy atom. The molecule has 2 fully saturated rings. The second-order valence-electron chi connectivity index (χ2n) is 7.22. The van der Waals surface area contributed by atoms with Crippen LogP contribution in [0.15, 0.2) is 0 Å². The van der Waals surface area contributed by atoms with Crippen molar-refractivity contribution in [3.63, 3.8) is 0 Å². The van der Waals surface area contributed by atoms with Gasteiger partial charge in [-0.05, 0) is 38.8 Å². The number of nitrogens with zero attached hydrogens (tertiary/aromatic N) is 2. The summed E-state index contributed by atoms with van der Waals surface area (Å²) in [5, 5.41) is 3.76. The summed E-state index contributed by atoms with van der Waals surface area (Å²) >= 11 is 0. The topological polar surface area (TPSA) is 27.7 Å². The maximum absolute atomic E-state index is 5.50. The number of nitrogens with one attached hydrogen (secondary N) is 1. The highest BCUT2D eigenvalue weighted by Crippen LogP contribution is 2.15. The van der Waals surface area contributed by atoms with Crippen LogP contribution < -0.4 is 5.32 Å². The first-order chi connectivity index (χ1) is 10.2. The van der Waals surface area contributed by atoms with Crippen molar-refractivity contribution in [3.8, 4) is 0 Å². The Morgan fingerprint density at radius 2 is 1.90 bits per heavy atom. The van der Waals surface area contributed by atoms with E-state index < -0.39 is 0 Å². The van der Waals surface area contributed by atoms with E-state index in [1.165, 1.54) is 32.2 Å². The highest BCUT2D eigenvalue weighted by atomic mass is 16.5. The van der Waals surface area contributed by atoms with E-state index in [9.17, 15) is 0 Å². The van der Waals surface area contributed by atoms with Crippen LogP contribution in [-0.4, -0.2) is 74.9 Å². The van der Waals surface area contributed by atoms with Crippen molar-refractivity contribution in [1.29, 1.82) is 0 Å². The van der Waals surface area contributed by atoms with Crippen LogP contribution in [0.4, 0.5) is 0 Å². The molecule has 0 radical (unpaired) electrons. The van der Waals surface area contributed by atoms with E-state index >= 15 is 0 Å². The molecule has 2 heterocycles. The first-order valence-electron chi connectivity index (χ1n) is 8.89. The minimum absolute atomic E-state index is 0.669. The van der Waals surface area contributed by atoms with Crippen molar-refractivity contribution in [2.45, 2.75) is 51.6 Å². The molecule has 0 aliphatic carbocycles. The van der Waals surface area contributed by atoms with Gasteiger partial charge in [0.05, 0.1) is 13.2 Å². The summed E-state index contributed by atoms with van der Waals surface area (Å²) < 4.78 is 5.50. The molecule has 2 unspecified atom stereocenters. The number of rotatable bonds is 7. The molecular weight excluding hydrogens is 262 g/mol. The second-order valence-corrected chi connectivity index (χ2v) is 7.22. The van der Waals surface area contributed by atoms with Crippen LogP contribution in [0.25, 0.3) is 0 Å². The van der Waals surface area contributed by atoms with Gasteiger partial charge in [0, 0.05) is 38.3 Å². The van der Waals surface area contributed by atoms with E-state index in [4.69, 9.17) is 4.74 Å². The lowest BCUT2D eigenvalue weighted by Crippen LogP contribution is -2.50. The molecular formula is C17H35N3O. The monoisotopic (exact) mass is 297 g/mol. The van der Waals surface area contributed by atoms with Gasteiger partial charge in [0.1, 0.15) is 0 Å². The zero-order valence-corrected chi connectivity index (χ0v) is 14.3. The van der Waals surface area contributed by atoms with Gasteiger partial charge in [-0.1, -0.05) is 20.3 Å². The van der Waals surface area contributed by atoms with Crippen LogP contribution in [0.3, 0.4) is 0 Å². The average molecular weight is 297 g/mol. The van der Waals surface area contributed by atoms with Gasteiger partial charge in [-0.3, -0.25) is 4.90 Å². The summed E-state index contributed by atoms with van der Waals surface area (Å²) in [6, 6.07) is 1.41. The van der Waals surface area contributed by atoms with Gasteiger partial charge in [0.2, 0.25) is 0 Å². The smallest absolute Gasteiger partial charge is 0.0594 e. The summed E-state index contributed by atoms with van der Waals surface area (Å²) in [6.45, 7) is 12.2. The molecule has 2 saturated heterocycles. The third-order valence-electron chi connectivity index (χ3n) is 4.99. The van der Waals surface area contributed by atoms with Crippen molar-refractivity contribution in [2.75, 3.05) is 53.0 Å². The number of likely N-dealkylation sites (tertiary alicyclic amines) is 1. The third-order valence-corrected chi connectivity index (χ3v) is 4.99. The largest absolute Gasteiger partial charge is 0.379 e. The third kappa shape index (κ3) is 5.85. The fraction of sp³-hybridized carbons (Fsp3) is 1.00. The first kappa shape index (κ1) is 17.2. The number of likely N-dealkylation sites (N-methyl/N-ethyl adjacent to an activating group) is 1. The standard InChI is InChI=1S/C17H35N3O/c1-15(2)12-17(20-8-10-21-11-9-20)14-18-13-16-6-4-5-7-19(16)3/h15-18H,4-14H2,1-3H3. The summed E-state index contributed by atoms with van der Waals surface area (Å²) in [5.41, 5.74) is 0. The van der Waals surface area contributed by atoms with Gasteiger partial charge in [0.25, 0.3) is 0 Å². The zero-order valence-electron chi connectivity index (χ0n) is 14.3. The number of ether oxygens (including phenoxy) is 1. The van der Waals surface area contributed by atoms with Gasteiger partial charge in [0.15, 0.2) is 0 Å². The van der Waals surface area contributed by atoms with E-state index in [1.54, 1.807) is 0 Å². The lowest BCUT2D eigenvalue weighted by Gasteiger charge is -2.37. The summed E-state index contributed by atoms with van der Waals surface area (Å²) in [5.74, 6) is 0.761. The van der Waals surface area contributed by atoms with Crippen LogP contribution in [0, 0.1) is 5.92 Å². The molecule has 0 aromatic heterocycles. The Labute approximate surface area is 131 Å². The number of hydrogen-bond donors (Lipinski definition) is 1. The van der Waals surface area contributed by atoms with E-state index in [1.807, 2.05) is 0 Å². The van der Waals surface area contributed by atoms with E-state index in [2.05, 4.69) is 36.0 Å². The van der Waals surface area contributed by atoms with Gasteiger partial charge < -0.3 is 15.0 Å². The van der Waals surface area contributed by atoms with Gasteiger partial charge in [-0.2, -0.15) is 0 Å². The summed E-state index contributed by atoms with van der Waals surface area (Å²) in [4.78, 5) is 5.16. The molecule has 2 aliphatic rings. The normalized spacial score (nSPS) is 27.1. The Balaban J connectivity index is 1.75. The molecule has 21 heavy (non-hydrogen) atoms. The predicted octanol–water partition coefficient (Wildman–Crippen LogP) is 1.81. The first-order valence-corrected chi connectivity index (χ1v) is 8.89. The van der Waals surface area contributed by atoms with Crippen LogP contribution in [-0.2, 0) is 4.74 Å². The molecule has 0 amide bonds. The summed E-state index contributed by atoms with van der Waals surface area (Å²) in [6.07, 6.45) is 5.41. The highest BCUT2D eigenvalue weighted by molar-refractivity contribution is 4.80. The zero-order chi connectivity index (χ0) is 15.1. The van der Waals surface area contributed by atoms with Gasteiger partial charge in [-0.25, -0.2) is 0 Å². The number of morpholine rings is 1. The van der Waals surface area contributed by atoms with E-state index in [0.29, 0.717) is 6.04 Å². The number of piperidine rings is 1. The molecule has 2 aliphatic heterocycles. The molecule has 4 heteroatoms. The minimum Gasteiger partial charge on any atom is -0.379 e. The average Bonchev–Trinajstić information content (AvgIpc) is 2.49. The molecule has 0 bridgehead atoms. The Kier molecular flexibility index (Phi) is 7.44. The van der Waals surface area contributed by atoms with Crippen molar-refractivity contribution in [1.82, 2.24) is 15.1 Å². The minimum atomic E-state index is 0.669. The molecule has 2 atom stereocenters. The molecule has 0 spiro atoms. The fourth-order valence-corrected chi connectivity index (χ4v) is 3.67. The lowest BCUT2D eigenvalue weighted by atomic mass is 10.0.